The van der Waals surface area contributed by atoms with Crippen LogP contribution in [-0.4, -0.2) is 30.0 Å². The molecule has 1 amide bonds. The highest BCUT2D eigenvalue weighted by Crippen LogP contribution is 2.32. The highest BCUT2D eigenvalue weighted by atomic mass is 79.9. The molecule has 3 nitrogen and oxygen atoms in total. The van der Waals surface area contributed by atoms with E-state index in [0.717, 1.165) is 24.8 Å². The zero-order valence-electron chi connectivity index (χ0n) is 9.46. The van der Waals surface area contributed by atoms with Crippen molar-refractivity contribution in [2.45, 2.75) is 45.3 Å². The van der Waals surface area contributed by atoms with Crippen LogP contribution in [0.5, 0.6) is 0 Å². The van der Waals surface area contributed by atoms with Gasteiger partial charge in [-0.1, -0.05) is 15.9 Å². The Morgan fingerprint density at radius 1 is 1.60 bits per heavy atom. The molecule has 0 radical (unpaired) electrons. The van der Waals surface area contributed by atoms with Crippen LogP contribution in [-0.2, 0) is 9.53 Å². The van der Waals surface area contributed by atoms with Crippen LogP contribution in [0.2, 0.25) is 0 Å². The van der Waals surface area contributed by atoms with Crippen molar-refractivity contribution in [2.75, 3.05) is 11.9 Å². The number of halogens is 1. The van der Waals surface area contributed by atoms with Crippen molar-refractivity contribution in [1.82, 2.24) is 5.32 Å². The maximum Gasteiger partial charge on any atom is 0.220 e. The molecule has 88 valence electrons. The summed E-state index contributed by atoms with van der Waals surface area (Å²) in [6.45, 7) is 4.79. The Hall–Kier alpha value is -0.0900. The van der Waals surface area contributed by atoms with E-state index in [1.54, 1.807) is 0 Å². The van der Waals surface area contributed by atoms with Gasteiger partial charge >= 0.3 is 0 Å². The molecular weight excluding hydrogens is 258 g/mol. The van der Waals surface area contributed by atoms with Gasteiger partial charge < -0.3 is 10.1 Å². The zero-order valence-corrected chi connectivity index (χ0v) is 11.0. The van der Waals surface area contributed by atoms with Crippen LogP contribution in [0.15, 0.2) is 0 Å². The molecule has 0 spiro atoms. The Bertz CT molecular complexity index is 205. The van der Waals surface area contributed by atoms with Crippen LogP contribution in [0.25, 0.3) is 0 Å². The molecule has 1 aliphatic rings. The van der Waals surface area contributed by atoms with E-state index in [1.807, 2.05) is 13.8 Å². The molecule has 0 bridgehead atoms. The van der Waals surface area contributed by atoms with Crippen molar-refractivity contribution in [3.05, 3.63) is 0 Å². The average molecular weight is 278 g/mol. The normalized spacial score (nSPS) is 26.9. The number of hydrogen-bond donors (Lipinski definition) is 1. The molecule has 1 atom stereocenters. The van der Waals surface area contributed by atoms with Crippen LogP contribution in [0.1, 0.15) is 33.1 Å². The Morgan fingerprint density at radius 2 is 2.27 bits per heavy atom. The smallest absolute Gasteiger partial charge is 0.220 e. The highest BCUT2D eigenvalue weighted by Gasteiger charge is 2.31. The monoisotopic (exact) mass is 277 g/mol. The van der Waals surface area contributed by atoms with E-state index in [4.69, 9.17) is 4.74 Å². The van der Waals surface area contributed by atoms with Crippen LogP contribution in [0, 0.1) is 5.92 Å². The van der Waals surface area contributed by atoms with Crippen molar-refractivity contribution < 1.29 is 9.53 Å². The molecule has 0 saturated heterocycles. The van der Waals surface area contributed by atoms with Gasteiger partial charge in [-0.2, -0.15) is 0 Å². The third kappa shape index (κ3) is 4.51. The molecule has 0 aromatic carbocycles. The maximum atomic E-state index is 11.5. The quantitative estimate of drug-likeness (QED) is 0.755. The summed E-state index contributed by atoms with van der Waals surface area (Å²) in [7, 11) is 0. The summed E-state index contributed by atoms with van der Waals surface area (Å²) in [4.78, 5) is 11.5. The van der Waals surface area contributed by atoms with Crippen molar-refractivity contribution in [2.24, 2.45) is 5.92 Å². The van der Waals surface area contributed by atoms with E-state index in [-0.39, 0.29) is 11.9 Å². The number of rotatable bonds is 6. The Morgan fingerprint density at radius 3 is 2.80 bits per heavy atom. The van der Waals surface area contributed by atoms with Crippen LogP contribution >= 0.6 is 15.9 Å². The predicted molar refractivity (Wildman–Crippen MR) is 64.2 cm³/mol. The Labute approximate surface area is 100 Å². The second-order valence-electron chi connectivity index (χ2n) is 4.24. The van der Waals surface area contributed by atoms with E-state index < -0.39 is 0 Å². The van der Waals surface area contributed by atoms with Gasteiger partial charge in [-0.25, -0.2) is 0 Å². The minimum absolute atomic E-state index is 0.168. The fraction of sp³-hybridized carbons (Fsp3) is 0.909. The molecule has 0 aromatic heterocycles. The topological polar surface area (TPSA) is 38.3 Å². The van der Waals surface area contributed by atoms with E-state index in [2.05, 4.69) is 21.2 Å². The molecule has 15 heavy (non-hydrogen) atoms. The van der Waals surface area contributed by atoms with Crippen molar-refractivity contribution in [3.63, 3.8) is 0 Å². The van der Waals surface area contributed by atoms with Gasteiger partial charge in [-0.15, -0.1) is 0 Å². The van der Waals surface area contributed by atoms with Gasteiger partial charge in [0.2, 0.25) is 5.91 Å². The fourth-order valence-electron chi connectivity index (χ4n) is 1.85. The SMILES string of the molecule is CCOC1CC(CC(=O)NC(C)CBr)C1. The number of alkyl halides is 1. The molecule has 1 aliphatic carbocycles. The molecule has 0 aromatic rings. The summed E-state index contributed by atoms with van der Waals surface area (Å²) < 4.78 is 5.45. The highest BCUT2D eigenvalue weighted by molar-refractivity contribution is 9.09. The molecule has 1 rings (SSSR count). The molecule has 1 saturated carbocycles. The van der Waals surface area contributed by atoms with Crippen molar-refractivity contribution in [1.29, 1.82) is 0 Å². The van der Waals surface area contributed by atoms with Gasteiger partial charge in [0.25, 0.3) is 0 Å². The van der Waals surface area contributed by atoms with E-state index in [0.29, 0.717) is 18.4 Å². The fourth-order valence-corrected chi connectivity index (χ4v) is 2.01. The zero-order chi connectivity index (χ0) is 11.3. The summed E-state index contributed by atoms with van der Waals surface area (Å²) in [6, 6.07) is 0.222. The lowest BCUT2D eigenvalue weighted by Crippen LogP contribution is -2.39. The molecule has 4 heteroatoms. The number of nitrogens with one attached hydrogen (secondary N) is 1. The van der Waals surface area contributed by atoms with E-state index >= 15 is 0 Å². The second kappa shape index (κ2) is 6.48. The summed E-state index contributed by atoms with van der Waals surface area (Å²) >= 11 is 3.34. The summed E-state index contributed by atoms with van der Waals surface area (Å²) in [6.07, 6.45) is 3.15. The van der Waals surface area contributed by atoms with Gasteiger partial charge in [0.05, 0.1) is 6.10 Å². The molecule has 1 fully saturated rings. The van der Waals surface area contributed by atoms with Crippen LogP contribution in [0.4, 0.5) is 0 Å². The molecular formula is C11H20BrNO2. The standard InChI is InChI=1S/C11H20BrNO2/c1-3-15-10-4-9(5-10)6-11(14)13-8(2)7-12/h8-10H,3-7H2,1-2H3,(H,13,14). The minimum Gasteiger partial charge on any atom is -0.378 e. The summed E-state index contributed by atoms with van der Waals surface area (Å²) in [5.41, 5.74) is 0. The number of carbonyl (C=O) groups excluding carboxylic acids is 1. The largest absolute Gasteiger partial charge is 0.378 e. The lowest BCUT2D eigenvalue weighted by Gasteiger charge is -2.34. The number of carbonyl (C=O) groups is 1. The number of hydrogen-bond acceptors (Lipinski definition) is 2. The molecule has 1 N–H and O–H groups in total. The number of amides is 1. The first-order valence-corrected chi connectivity index (χ1v) is 6.74. The first-order valence-electron chi connectivity index (χ1n) is 5.62. The second-order valence-corrected chi connectivity index (χ2v) is 4.89. The van der Waals surface area contributed by atoms with E-state index in [9.17, 15) is 4.79 Å². The lowest BCUT2D eigenvalue weighted by atomic mass is 9.80. The first kappa shape index (κ1) is 13.0. The molecule has 1 unspecified atom stereocenters. The van der Waals surface area contributed by atoms with Gasteiger partial charge in [0, 0.05) is 24.4 Å². The summed E-state index contributed by atoms with van der Waals surface area (Å²) in [5, 5.41) is 3.76. The Balaban J connectivity index is 2.08. The van der Waals surface area contributed by atoms with Gasteiger partial charge in [0.1, 0.15) is 0 Å². The van der Waals surface area contributed by atoms with Crippen molar-refractivity contribution >= 4 is 21.8 Å². The van der Waals surface area contributed by atoms with Gasteiger partial charge in [-0.3, -0.25) is 4.79 Å². The van der Waals surface area contributed by atoms with Gasteiger partial charge in [-0.05, 0) is 32.6 Å². The van der Waals surface area contributed by atoms with Crippen LogP contribution in [0.3, 0.4) is 0 Å². The predicted octanol–water partition coefficient (Wildman–Crippen LogP) is 2.09. The summed E-state index contributed by atoms with van der Waals surface area (Å²) in [5.74, 6) is 0.700. The van der Waals surface area contributed by atoms with Crippen LogP contribution < -0.4 is 5.32 Å². The molecule has 0 aliphatic heterocycles. The maximum absolute atomic E-state index is 11.5. The average Bonchev–Trinajstić information content (AvgIpc) is 2.14. The third-order valence-corrected chi connectivity index (χ3v) is 3.68. The number of ether oxygens (including phenoxy) is 1. The molecule has 0 heterocycles. The van der Waals surface area contributed by atoms with Crippen molar-refractivity contribution in [3.8, 4) is 0 Å². The van der Waals surface area contributed by atoms with E-state index in [1.165, 1.54) is 0 Å². The lowest BCUT2D eigenvalue weighted by molar-refractivity contribution is -0.124. The van der Waals surface area contributed by atoms with Gasteiger partial charge in [0.15, 0.2) is 0 Å². The minimum atomic E-state index is 0.168. The first-order chi connectivity index (χ1) is 7.15. The Kier molecular flexibility index (Phi) is 5.61. The third-order valence-electron chi connectivity index (χ3n) is 2.71.